The maximum atomic E-state index is 13.1. The Balaban J connectivity index is 1.48. The van der Waals surface area contributed by atoms with Crippen LogP contribution >= 0.6 is 0 Å². The van der Waals surface area contributed by atoms with Crippen LogP contribution in [0.15, 0.2) is 48.5 Å². The number of rotatable bonds is 5. The van der Waals surface area contributed by atoms with Crippen molar-refractivity contribution in [2.24, 2.45) is 0 Å². The van der Waals surface area contributed by atoms with E-state index >= 15 is 0 Å². The fourth-order valence-corrected chi connectivity index (χ4v) is 4.04. The number of hydrogen-bond donors (Lipinski definition) is 1. The molecule has 6 nitrogen and oxygen atoms in total. The highest BCUT2D eigenvalue weighted by Gasteiger charge is 2.44. The van der Waals surface area contributed by atoms with Gasteiger partial charge in [0, 0.05) is 31.4 Å². The number of nitrogens with one attached hydrogen (secondary N) is 1. The van der Waals surface area contributed by atoms with Gasteiger partial charge in [0.15, 0.2) is 0 Å². The summed E-state index contributed by atoms with van der Waals surface area (Å²) in [5.41, 5.74) is 1.78. The normalized spacial score (nSPS) is 19.3. The van der Waals surface area contributed by atoms with Crippen molar-refractivity contribution >= 4 is 11.8 Å². The molecule has 2 aliphatic heterocycles. The van der Waals surface area contributed by atoms with E-state index in [1.165, 1.54) is 24.3 Å². The predicted molar refractivity (Wildman–Crippen MR) is 104 cm³/mol. The Kier molecular flexibility index (Phi) is 5.86. The summed E-state index contributed by atoms with van der Waals surface area (Å²) >= 11 is 0. The highest BCUT2D eigenvalue weighted by molar-refractivity contribution is 6.04. The van der Waals surface area contributed by atoms with Gasteiger partial charge in [-0.05, 0) is 42.2 Å². The van der Waals surface area contributed by atoms with E-state index < -0.39 is 12.4 Å². The van der Waals surface area contributed by atoms with Crippen LogP contribution in [0.25, 0.3) is 0 Å². The average Bonchev–Trinajstić information content (AvgIpc) is 3.05. The predicted octanol–water partition coefficient (Wildman–Crippen LogP) is 3.58. The van der Waals surface area contributed by atoms with E-state index in [0.29, 0.717) is 42.7 Å². The highest BCUT2D eigenvalue weighted by atomic mass is 19.4. The largest absolute Gasteiger partial charge is 0.573 e. The SMILES string of the molecule is O=C(NCc1ccc(OC(F)(F)F)cc1)[C@@H]1c2ccccc2C(=O)N1C1CCOCC1. The van der Waals surface area contributed by atoms with Crippen molar-refractivity contribution in [3.8, 4) is 5.75 Å². The second-order valence-corrected chi connectivity index (χ2v) is 7.46. The summed E-state index contributed by atoms with van der Waals surface area (Å²) in [6.45, 7) is 1.18. The van der Waals surface area contributed by atoms with Crippen molar-refractivity contribution in [2.75, 3.05) is 13.2 Å². The molecule has 1 atom stereocenters. The molecule has 0 spiro atoms. The minimum absolute atomic E-state index is 0.0943. The molecule has 0 saturated carbocycles. The standard InChI is InChI=1S/C22H21F3N2O4/c23-22(24,25)31-16-7-5-14(6-8-16)13-26-20(28)19-17-3-1-2-4-18(17)21(29)27(19)15-9-11-30-12-10-15/h1-8,15,19H,9-13H2,(H,26,28)/t19-/m0/s1. The fraction of sp³-hybridized carbons (Fsp3) is 0.364. The third-order valence-electron chi connectivity index (χ3n) is 5.45. The van der Waals surface area contributed by atoms with Crippen molar-refractivity contribution in [1.82, 2.24) is 10.2 Å². The molecule has 2 aromatic rings. The molecule has 9 heteroatoms. The van der Waals surface area contributed by atoms with E-state index in [0.717, 1.165) is 0 Å². The molecule has 4 rings (SSSR count). The molecule has 0 aromatic heterocycles. The average molecular weight is 434 g/mol. The zero-order valence-corrected chi connectivity index (χ0v) is 16.5. The Labute approximate surface area is 176 Å². The lowest BCUT2D eigenvalue weighted by Crippen LogP contribution is -2.46. The highest BCUT2D eigenvalue weighted by Crippen LogP contribution is 2.37. The Morgan fingerprint density at radius 2 is 1.77 bits per heavy atom. The third-order valence-corrected chi connectivity index (χ3v) is 5.45. The van der Waals surface area contributed by atoms with Gasteiger partial charge in [-0.1, -0.05) is 30.3 Å². The van der Waals surface area contributed by atoms with Crippen LogP contribution < -0.4 is 10.1 Å². The van der Waals surface area contributed by atoms with Crippen molar-refractivity contribution in [2.45, 2.75) is 37.8 Å². The maximum absolute atomic E-state index is 13.1. The molecular formula is C22H21F3N2O4. The number of carbonyl (C=O) groups excluding carboxylic acids is 2. The number of halogens is 3. The van der Waals surface area contributed by atoms with Crippen molar-refractivity contribution in [1.29, 1.82) is 0 Å². The van der Waals surface area contributed by atoms with Crippen LogP contribution in [0.1, 0.15) is 40.4 Å². The van der Waals surface area contributed by atoms with Gasteiger partial charge in [-0.15, -0.1) is 13.2 Å². The summed E-state index contributed by atoms with van der Waals surface area (Å²) in [6.07, 6.45) is -3.44. The second kappa shape index (κ2) is 8.58. The van der Waals surface area contributed by atoms with Crippen LogP contribution in [-0.4, -0.2) is 42.3 Å². The van der Waals surface area contributed by atoms with Crippen molar-refractivity contribution in [3.05, 3.63) is 65.2 Å². The van der Waals surface area contributed by atoms with Gasteiger partial charge in [0.05, 0.1) is 0 Å². The van der Waals surface area contributed by atoms with E-state index in [1.54, 1.807) is 29.2 Å². The third kappa shape index (κ3) is 4.66. The van der Waals surface area contributed by atoms with E-state index in [1.807, 2.05) is 0 Å². The minimum Gasteiger partial charge on any atom is -0.406 e. The summed E-state index contributed by atoms with van der Waals surface area (Å²) in [5.74, 6) is -0.833. The van der Waals surface area contributed by atoms with Crippen LogP contribution in [-0.2, 0) is 16.1 Å². The van der Waals surface area contributed by atoms with Gasteiger partial charge in [0.2, 0.25) is 5.91 Å². The Morgan fingerprint density at radius 3 is 2.45 bits per heavy atom. The molecule has 2 heterocycles. The first-order chi connectivity index (χ1) is 14.8. The molecule has 164 valence electrons. The summed E-state index contributed by atoms with van der Waals surface area (Å²) < 4.78 is 46.1. The number of alkyl halides is 3. The van der Waals surface area contributed by atoms with Crippen molar-refractivity contribution < 1.29 is 32.2 Å². The summed E-state index contributed by atoms with van der Waals surface area (Å²) in [5, 5.41) is 2.81. The summed E-state index contributed by atoms with van der Waals surface area (Å²) in [4.78, 5) is 27.8. The van der Waals surface area contributed by atoms with Crippen LogP contribution in [0.4, 0.5) is 13.2 Å². The minimum atomic E-state index is -4.76. The number of carbonyl (C=O) groups is 2. The van der Waals surface area contributed by atoms with Gasteiger partial charge < -0.3 is 19.7 Å². The Hall–Kier alpha value is -3.07. The number of ether oxygens (including phenoxy) is 2. The van der Waals surface area contributed by atoms with E-state index in [9.17, 15) is 22.8 Å². The van der Waals surface area contributed by atoms with Gasteiger partial charge in [-0.3, -0.25) is 9.59 Å². The second-order valence-electron chi connectivity index (χ2n) is 7.46. The Morgan fingerprint density at radius 1 is 1.10 bits per heavy atom. The molecule has 31 heavy (non-hydrogen) atoms. The lowest BCUT2D eigenvalue weighted by molar-refractivity contribution is -0.274. The quantitative estimate of drug-likeness (QED) is 0.781. The van der Waals surface area contributed by atoms with Crippen LogP contribution in [0.5, 0.6) is 5.75 Å². The maximum Gasteiger partial charge on any atom is 0.573 e. The van der Waals surface area contributed by atoms with Crippen LogP contribution in [0.2, 0.25) is 0 Å². The molecule has 0 bridgehead atoms. The molecule has 1 fully saturated rings. The first kappa shape index (κ1) is 21.2. The zero-order valence-electron chi connectivity index (χ0n) is 16.5. The lowest BCUT2D eigenvalue weighted by Gasteiger charge is -2.35. The molecule has 2 amide bonds. The number of amides is 2. The van der Waals surface area contributed by atoms with Crippen LogP contribution in [0.3, 0.4) is 0 Å². The van der Waals surface area contributed by atoms with Gasteiger partial charge >= 0.3 is 6.36 Å². The molecule has 1 N–H and O–H groups in total. The van der Waals surface area contributed by atoms with E-state index in [2.05, 4.69) is 10.1 Å². The van der Waals surface area contributed by atoms with Gasteiger partial charge in [0.1, 0.15) is 11.8 Å². The molecular weight excluding hydrogens is 413 g/mol. The van der Waals surface area contributed by atoms with Crippen molar-refractivity contribution in [3.63, 3.8) is 0 Å². The first-order valence-electron chi connectivity index (χ1n) is 9.95. The molecule has 2 aromatic carbocycles. The number of hydrogen-bond acceptors (Lipinski definition) is 4. The molecule has 0 radical (unpaired) electrons. The number of benzene rings is 2. The molecule has 2 aliphatic rings. The van der Waals surface area contributed by atoms with E-state index in [-0.39, 0.29) is 30.2 Å². The van der Waals surface area contributed by atoms with Gasteiger partial charge in [0.25, 0.3) is 5.91 Å². The molecule has 0 aliphatic carbocycles. The summed E-state index contributed by atoms with van der Waals surface area (Å²) in [6, 6.07) is 11.5. The number of fused-ring (bicyclic) bond motifs is 1. The smallest absolute Gasteiger partial charge is 0.406 e. The monoisotopic (exact) mass is 434 g/mol. The molecule has 1 saturated heterocycles. The van der Waals surface area contributed by atoms with E-state index in [4.69, 9.17) is 4.74 Å². The Bertz CT molecular complexity index is 956. The lowest BCUT2D eigenvalue weighted by atomic mass is 10.0. The topological polar surface area (TPSA) is 67.9 Å². The number of nitrogens with zero attached hydrogens (tertiary/aromatic N) is 1. The van der Waals surface area contributed by atoms with Gasteiger partial charge in [-0.2, -0.15) is 0 Å². The first-order valence-corrected chi connectivity index (χ1v) is 9.95. The molecule has 0 unspecified atom stereocenters. The van der Waals surface area contributed by atoms with Crippen LogP contribution in [0, 0.1) is 0 Å². The summed E-state index contributed by atoms with van der Waals surface area (Å²) in [7, 11) is 0. The fourth-order valence-electron chi connectivity index (χ4n) is 4.04. The zero-order chi connectivity index (χ0) is 22.0. The van der Waals surface area contributed by atoms with Gasteiger partial charge in [-0.25, -0.2) is 0 Å².